The molecule has 0 spiro atoms. The van der Waals surface area contributed by atoms with E-state index in [2.05, 4.69) is 22.6 Å². The fourth-order valence-electron chi connectivity index (χ4n) is 2.92. The van der Waals surface area contributed by atoms with Crippen molar-refractivity contribution >= 4 is 68.8 Å². The van der Waals surface area contributed by atoms with Crippen molar-refractivity contribution in [3.63, 3.8) is 0 Å². The molecule has 3 aromatic carbocycles. The van der Waals surface area contributed by atoms with E-state index in [1.807, 2.05) is 60.7 Å². The van der Waals surface area contributed by atoms with Crippen LogP contribution in [0.1, 0.15) is 11.4 Å². The zero-order valence-corrected chi connectivity index (χ0v) is 18.1. The van der Waals surface area contributed by atoms with Crippen molar-refractivity contribution in [2.24, 2.45) is 0 Å². The minimum Gasteiger partial charge on any atom is -0.268 e. The van der Waals surface area contributed by atoms with Gasteiger partial charge in [0.05, 0.1) is 21.6 Å². The first-order valence-corrected chi connectivity index (χ1v) is 10.3. The molecule has 4 aromatic rings. The molecule has 0 bridgehead atoms. The van der Waals surface area contributed by atoms with Gasteiger partial charge in [-0.1, -0.05) is 59.6 Å². The lowest BCUT2D eigenvalue weighted by Crippen LogP contribution is -2.22. The highest BCUT2D eigenvalue weighted by Crippen LogP contribution is 2.26. The third-order valence-corrected chi connectivity index (χ3v) is 5.44. The van der Waals surface area contributed by atoms with Gasteiger partial charge in [-0.2, -0.15) is 0 Å². The van der Waals surface area contributed by atoms with Crippen LogP contribution in [0.2, 0.25) is 10.0 Å². The van der Waals surface area contributed by atoms with Gasteiger partial charge in [0.2, 0.25) is 0 Å². The summed E-state index contributed by atoms with van der Waals surface area (Å²) in [5, 5.41) is 1.43. The largest absolute Gasteiger partial charge is 0.268 e. The molecular formula is C22H13Cl2IN2O. The number of benzene rings is 3. The zero-order chi connectivity index (χ0) is 19.7. The Hall–Kier alpha value is -2.15. The Morgan fingerprint density at radius 2 is 1.71 bits per heavy atom. The Kier molecular flexibility index (Phi) is 5.53. The standard InChI is InChI=1S/C22H13Cl2IN2O/c23-15-7-10-20(18(24)12-15)27-21(11-6-14-4-2-1-3-5-14)26-19-9-8-16(25)13-17(19)22(27)28/h1-13H. The van der Waals surface area contributed by atoms with Gasteiger partial charge in [-0.05, 0) is 70.6 Å². The van der Waals surface area contributed by atoms with Crippen molar-refractivity contribution in [3.05, 3.63) is 102 Å². The van der Waals surface area contributed by atoms with Gasteiger partial charge in [-0.15, -0.1) is 0 Å². The molecule has 0 saturated carbocycles. The SMILES string of the molecule is O=c1c2cc(I)ccc2nc(C=Cc2ccccc2)n1-c1ccc(Cl)cc1Cl. The van der Waals surface area contributed by atoms with E-state index >= 15 is 0 Å². The van der Waals surface area contributed by atoms with Crippen LogP contribution in [0.15, 0.2) is 71.5 Å². The predicted octanol–water partition coefficient (Wildman–Crippen LogP) is 6.47. The smallest absolute Gasteiger partial charge is 0.266 e. The van der Waals surface area contributed by atoms with E-state index in [1.165, 1.54) is 4.57 Å². The lowest BCUT2D eigenvalue weighted by molar-refractivity contribution is 0.944. The van der Waals surface area contributed by atoms with Gasteiger partial charge in [-0.3, -0.25) is 9.36 Å². The third kappa shape index (κ3) is 3.85. The van der Waals surface area contributed by atoms with E-state index in [4.69, 9.17) is 28.2 Å². The minimum atomic E-state index is -0.180. The lowest BCUT2D eigenvalue weighted by atomic mass is 10.2. The summed E-state index contributed by atoms with van der Waals surface area (Å²) in [6.07, 6.45) is 3.74. The molecule has 0 saturated heterocycles. The maximum absolute atomic E-state index is 13.3. The summed E-state index contributed by atoms with van der Waals surface area (Å²) in [4.78, 5) is 18.1. The normalized spacial score (nSPS) is 11.4. The van der Waals surface area contributed by atoms with Gasteiger partial charge in [-0.25, -0.2) is 4.98 Å². The molecule has 0 amide bonds. The molecule has 1 heterocycles. The van der Waals surface area contributed by atoms with Gasteiger partial charge < -0.3 is 0 Å². The Morgan fingerprint density at radius 1 is 0.929 bits per heavy atom. The maximum atomic E-state index is 13.3. The summed E-state index contributed by atoms with van der Waals surface area (Å²) in [5.74, 6) is 0.492. The van der Waals surface area contributed by atoms with Crippen LogP contribution >= 0.6 is 45.8 Å². The number of rotatable bonds is 3. The van der Waals surface area contributed by atoms with Crippen molar-refractivity contribution < 1.29 is 0 Å². The first-order valence-electron chi connectivity index (χ1n) is 8.44. The van der Waals surface area contributed by atoms with E-state index in [1.54, 1.807) is 18.2 Å². The molecular weight excluding hydrogens is 506 g/mol. The number of aromatic nitrogens is 2. The maximum Gasteiger partial charge on any atom is 0.266 e. The summed E-state index contributed by atoms with van der Waals surface area (Å²) in [6.45, 7) is 0. The van der Waals surface area contributed by atoms with Crippen LogP contribution < -0.4 is 5.56 Å². The molecule has 0 aliphatic carbocycles. The Balaban J connectivity index is 2.00. The van der Waals surface area contributed by atoms with Crippen LogP contribution in [0.5, 0.6) is 0 Å². The fraction of sp³-hybridized carbons (Fsp3) is 0. The highest BCUT2D eigenvalue weighted by atomic mass is 127. The molecule has 3 nitrogen and oxygen atoms in total. The van der Waals surface area contributed by atoms with Crippen molar-refractivity contribution in [2.75, 3.05) is 0 Å². The molecule has 6 heteroatoms. The molecule has 138 valence electrons. The van der Waals surface area contributed by atoms with Gasteiger partial charge in [0.15, 0.2) is 0 Å². The van der Waals surface area contributed by atoms with Crippen molar-refractivity contribution in [1.29, 1.82) is 0 Å². The van der Waals surface area contributed by atoms with Crippen LogP contribution in [-0.2, 0) is 0 Å². The van der Waals surface area contributed by atoms with Crippen molar-refractivity contribution in [3.8, 4) is 5.69 Å². The van der Waals surface area contributed by atoms with E-state index in [9.17, 15) is 4.79 Å². The quantitative estimate of drug-likeness (QED) is 0.291. The average Bonchev–Trinajstić information content (AvgIpc) is 2.69. The van der Waals surface area contributed by atoms with Gasteiger partial charge in [0, 0.05) is 8.59 Å². The number of halogens is 3. The van der Waals surface area contributed by atoms with Gasteiger partial charge in [0.1, 0.15) is 5.82 Å². The summed E-state index contributed by atoms with van der Waals surface area (Å²) < 4.78 is 2.49. The fourth-order valence-corrected chi connectivity index (χ4v) is 3.90. The van der Waals surface area contributed by atoms with Crippen molar-refractivity contribution in [2.45, 2.75) is 0 Å². The average molecular weight is 519 g/mol. The van der Waals surface area contributed by atoms with Crippen LogP contribution in [0, 0.1) is 3.57 Å². The van der Waals surface area contributed by atoms with E-state index in [-0.39, 0.29) is 5.56 Å². The first-order chi connectivity index (χ1) is 13.5. The van der Waals surface area contributed by atoms with E-state index in [0.717, 1.165) is 9.13 Å². The van der Waals surface area contributed by atoms with Gasteiger partial charge in [0.25, 0.3) is 5.56 Å². The zero-order valence-electron chi connectivity index (χ0n) is 14.4. The molecule has 0 N–H and O–H groups in total. The molecule has 0 atom stereocenters. The molecule has 0 aliphatic heterocycles. The van der Waals surface area contributed by atoms with Crippen LogP contribution in [0.3, 0.4) is 0 Å². The topological polar surface area (TPSA) is 34.9 Å². The number of fused-ring (bicyclic) bond motifs is 1. The molecule has 0 unspecified atom stereocenters. The summed E-state index contributed by atoms with van der Waals surface area (Å²) in [6, 6.07) is 20.5. The highest BCUT2D eigenvalue weighted by molar-refractivity contribution is 14.1. The summed E-state index contributed by atoms with van der Waals surface area (Å²) in [7, 11) is 0. The molecule has 0 fully saturated rings. The van der Waals surface area contributed by atoms with Gasteiger partial charge >= 0.3 is 0 Å². The minimum absolute atomic E-state index is 0.180. The Bertz CT molecular complexity index is 1270. The predicted molar refractivity (Wildman–Crippen MR) is 125 cm³/mol. The molecule has 0 aliphatic rings. The first kappa shape index (κ1) is 19.2. The summed E-state index contributed by atoms with van der Waals surface area (Å²) >= 11 is 14.6. The number of nitrogens with zero attached hydrogens (tertiary/aromatic N) is 2. The number of hydrogen-bond donors (Lipinski definition) is 0. The molecule has 28 heavy (non-hydrogen) atoms. The monoisotopic (exact) mass is 518 g/mol. The third-order valence-electron chi connectivity index (χ3n) is 4.23. The molecule has 1 aromatic heterocycles. The van der Waals surface area contributed by atoms with Crippen molar-refractivity contribution in [1.82, 2.24) is 9.55 Å². The van der Waals surface area contributed by atoms with E-state index < -0.39 is 0 Å². The lowest BCUT2D eigenvalue weighted by Gasteiger charge is -2.13. The second-order valence-electron chi connectivity index (χ2n) is 6.11. The molecule has 0 radical (unpaired) electrons. The molecule has 4 rings (SSSR count). The summed E-state index contributed by atoms with van der Waals surface area (Å²) in [5.41, 5.74) is 2.00. The Morgan fingerprint density at radius 3 is 2.46 bits per heavy atom. The highest BCUT2D eigenvalue weighted by Gasteiger charge is 2.14. The second-order valence-corrected chi connectivity index (χ2v) is 8.20. The van der Waals surface area contributed by atoms with E-state index in [0.29, 0.717) is 32.5 Å². The Labute approximate surface area is 185 Å². The van der Waals surface area contributed by atoms with Crippen LogP contribution in [0.25, 0.3) is 28.7 Å². The van der Waals surface area contributed by atoms with Crippen LogP contribution in [-0.4, -0.2) is 9.55 Å². The van der Waals surface area contributed by atoms with Crippen LogP contribution in [0.4, 0.5) is 0 Å². The number of hydrogen-bond acceptors (Lipinski definition) is 2. The second kappa shape index (κ2) is 8.07.